The van der Waals surface area contributed by atoms with Crippen LogP contribution in [0.1, 0.15) is 30.0 Å². The number of hydrogen-bond donors (Lipinski definition) is 1. The van der Waals surface area contributed by atoms with Crippen LogP contribution in [0.2, 0.25) is 0 Å². The molecule has 2 aromatic carbocycles. The largest absolute Gasteiger partial charge is 0.332 e. The summed E-state index contributed by atoms with van der Waals surface area (Å²) < 4.78 is 56.5. The molecule has 1 aliphatic rings. The summed E-state index contributed by atoms with van der Waals surface area (Å²) in [6.45, 7) is 1.64. The standard InChI is InChI=1S/C23H16F4N4O2/c1-23(15-11-28-29-12-15)10-20(32)31(22(33)30(23)2)21-18(26)7-13(8-19(21)27)3-4-14-5-6-16(24)9-17(14)25/h5-9,11-12H,10H2,1-2H3,(H,28,29)/t23-/m0/s1. The highest BCUT2D eigenvalue weighted by Crippen LogP contribution is 2.38. The maximum absolute atomic E-state index is 14.9. The van der Waals surface area contributed by atoms with E-state index < -0.39 is 46.4 Å². The van der Waals surface area contributed by atoms with Crippen molar-refractivity contribution in [2.45, 2.75) is 18.9 Å². The van der Waals surface area contributed by atoms with Gasteiger partial charge in [0.1, 0.15) is 17.3 Å². The van der Waals surface area contributed by atoms with Crippen LogP contribution in [-0.4, -0.2) is 34.1 Å². The smallest absolute Gasteiger partial charge is 0.317 e. The second-order valence-corrected chi connectivity index (χ2v) is 7.67. The Balaban J connectivity index is 1.67. The molecule has 4 rings (SSSR count). The Bertz CT molecular complexity index is 1310. The van der Waals surface area contributed by atoms with Gasteiger partial charge >= 0.3 is 6.03 Å². The molecule has 0 saturated carbocycles. The average molecular weight is 456 g/mol. The minimum atomic E-state index is -1.19. The van der Waals surface area contributed by atoms with Crippen LogP contribution < -0.4 is 4.90 Å². The number of anilines is 1. The summed E-state index contributed by atoms with van der Waals surface area (Å²) in [7, 11) is 1.42. The van der Waals surface area contributed by atoms with Crippen LogP contribution in [0.4, 0.5) is 28.0 Å². The van der Waals surface area contributed by atoms with E-state index in [9.17, 15) is 27.2 Å². The van der Waals surface area contributed by atoms with Crippen molar-refractivity contribution in [1.82, 2.24) is 15.1 Å². The van der Waals surface area contributed by atoms with Gasteiger partial charge in [0, 0.05) is 30.4 Å². The van der Waals surface area contributed by atoms with E-state index in [1.54, 1.807) is 6.92 Å². The van der Waals surface area contributed by atoms with Gasteiger partial charge in [0.15, 0.2) is 11.6 Å². The van der Waals surface area contributed by atoms with Crippen LogP contribution in [0.15, 0.2) is 42.7 Å². The van der Waals surface area contributed by atoms with E-state index in [1.807, 2.05) is 0 Å². The van der Waals surface area contributed by atoms with Gasteiger partial charge in [0.05, 0.1) is 23.7 Å². The normalized spacial score (nSPS) is 18.4. The summed E-state index contributed by atoms with van der Waals surface area (Å²) in [5, 5.41) is 6.44. The van der Waals surface area contributed by atoms with Crippen molar-refractivity contribution in [1.29, 1.82) is 0 Å². The van der Waals surface area contributed by atoms with E-state index in [4.69, 9.17) is 0 Å². The van der Waals surface area contributed by atoms with E-state index in [0.29, 0.717) is 16.5 Å². The molecule has 1 fully saturated rings. The van der Waals surface area contributed by atoms with Gasteiger partial charge in [-0.2, -0.15) is 5.10 Å². The van der Waals surface area contributed by atoms with E-state index >= 15 is 0 Å². The lowest BCUT2D eigenvalue weighted by atomic mass is 9.87. The summed E-state index contributed by atoms with van der Waals surface area (Å²) in [5.74, 6) is -0.132. The van der Waals surface area contributed by atoms with Gasteiger partial charge in [-0.25, -0.2) is 27.3 Å². The van der Waals surface area contributed by atoms with Crippen molar-refractivity contribution in [3.63, 3.8) is 0 Å². The molecule has 1 N–H and O–H groups in total. The Hall–Kier alpha value is -4.13. The number of carbonyl (C=O) groups is 2. The van der Waals surface area contributed by atoms with Gasteiger partial charge in [0.2, 0.25) is 5.91 Å². The molecule has 0 unspecified atom stereocenters. The predicted molar refractivity (Wildman–Crippen MR) is 110 cm³/mol. The molecule has 1 atom stereocenters. The first-order valence-corrected chi connectivity index (χ1v) is 9.68. The molecule has 168 valence electrons. The average Bonchev–Trinajstić information content (AvgIpc) is 3.29. The minimum absolute atomic E-state index is 0.161. The van der Waals surface area contributed by atoms with Gasteiger partial charge < -0.3 is 4.90 Å². The molecular weight excluding hydrogens is 440 g/mol. The first-order chi connectivity index (χ1) is 15.6. The number of H-pyrrole nitrogens is 1. The third-order valence-corrected chi connectivity index (χ3v) is 5.60. The number of aromatic amines is 1. The molecule has 1 aliphatic heterocycles. The first-order valence-electron chi connectivity index (χ1n) is 9.68. The minimum Gasteiger partial charge on any atom is -0.317 e. The van der Waals surface area contributed by atoms with Gasteiger partial charge in [-0.15, -0.1) is 0 Å². The molecule has 33 heavy (non-hydrogen) atoms. The number of urea groups is 1. The molecule has 0 radical (unpaired) electrons. The topological polar surface area (TPSA) is 69.3 Å². The van der Waals surface area contributed by atoms with Gasteiger partial charge in [-0.3, -0.25) is 9.89 Å². The van der Waals surface area contributed by atoms with Crippen LogP contribution in [0.5, 0.6) is 0 Å². The Morgan fingerprint density at radius 1 is 1.03 bits per heavy atom. The third-order valence-electron chi connectivity index (χ3n) is 5.60. The molecule has 10 heteroatoms. The zero-order chi connectivity index (χ0) is 23.9. The highest BCUT2D eigenvalue weighted by Gasteiger charge is 2.48. The number of benzene rings is 2. The van der Waals surface area contributed by atoms with Gasteiger partial charge in [0.25, 0.3) is 0 Å². The molecular formula is C23H16F4N4O2. The molecule has 3 aromatic rings. The Morgan fingerprint density at radius 3 is 2.33 bits per heavy atom. The fourth-order valence-corrected chi connectivity index (χ4v) is 3.60. The van der Waals surface area contributed by atoms with Crippen molar-refractivity contribution < 1.29 is 27.2 Å². The highest BCUT2D eigenvalue weighted by atomic mass is 19.1. The van der Waals surface area contributed by atoms with Crippen LogP contribution >= 0.6 is 0 Å². The first kappa shape index (κ1) is 22.1. The number of imide groups is 1. The molecule has 1 saturated heterocycles. The molecule has 0 spiro atoms. The second kappa shape index (κ2) is 8.09. The summed E-state index contributed by atoms with van der Waals surface area (Å²) in [6.07, 6.45) is 2.76. The lowest BCUT2D eigenvalue weighted by Gasteiger charge is -2.45. The number of aromatic nitrogens is 2. The molecule has 0 bridgehead atoms. The monoisotopic (exact) mass is 456 g/mol. The van der Waals surface area contributed by atoms with Crippen molar-refractivity contribution >= 4 is 17.6 Å². The summed E-state index contributed by atoms with van der Waals surface area (Å²) in [6, 6.07) is 3.47. The Kier molecular flexibility index (Phi) is 5.41. The van der Waals surface area contributed by atoms with Crippen LogP contribution in [-0.2, 0) is 10.3 Å². The van der Waals surface area contributed by atoms with Crippen molar-refractivity contribution in [3.8, 4) is 11.8 Å². The number of nitrogens with one attached hydrogen (secondary N) is 1. The van der Waals surface area contributed by atoms with E-state index in [0.717, 1.165) is 24.3 Å². The van der Waals surface area contributed by atoms with Crippen LogP contribution in [0.3, 0.4) is 0 Å². The number of carbonyl (C=O) groups excluding carboxylic acids is 2. The second-order valence-electron chi connectivity index (χ2n) is 7.67. The van der Waals surface area contributed by atoms with Crippen LogP contribution in [0.25, 0.3) is 0 Å². The SMILES string of the molecule is CN1C(=O)N(c2c(F)cc(C#Cc3ccc(F)cc3F)cc2F)C(=O)C[C@@]1(C)c1cn[nH]c1. The number of rotatable bonds is 2. The molecule has 1 aromatic heterocycles. The molecule has 0 aliphatic carbocycles. The number of halogens is 4. The molecule has 3 amide bonds. The van der Waals surface area contributed by atoms with Gasteiger partial charge in [-0.05, 0) is 31.2 Å². The zero-order valence-corrected chi connectivity index (χ0v) is 17.4. The van der Waals surface area contributed by atoms with E-state index in [2.05, 4.69) is 22.0 Å². The number of nitrogens with zero attached hydrogens (tertiary/aromatic N) is 3. The Labute approximate surface area is 185 Å². The maximum atomic E-state index is 14.9. The quantitative estimate of drug-likeness (QED) is 0.467. The predicted octanol–water partition coefficient (Wildman–Crippen LogP) is 4.07. The lowest BCUT2D eigenvalue weighted by molar-refractivity contribution is -0.122. The zero-order valence-electron chi connectivity index (χ0n) is 17.4. The van der Waals surface area contributed by atoms with Crippen molar-refractivity contribution in [2.24, 2.45) is 0 Å². The van der Waals surface area contributed by atoms with Crippen molar-refractivity contribution in [3.05, 3.63) is 82.7 Å². The molecule has 2 heterocycles. The van der Waals surface area contributed by atoms with Gasteiger partial charge in [-0.1, -0.05) is 11.8 Å². The molecule has 6 nitrogen and oxygen atoms in total. The fraction of sp³-hybridized carbons (Fsp3) is 0.174. The number of hydrogen-bond acceptors (Lipinski definition) is 3. The summed E-state index contributed by atoms with van der Waals surface area (Å²) in [5.41, 5.74) is -1.65. The van der Waals surface area contributed by atoms with E-state index in [-0.39, 0.29) is 17.5 Å². The summed E-state index contributed by atoms with van der Waals surface area (Å²) in [4.78, 5) is 27.5. The Morgan fingerprint density at radius 2 is 1.73 bits per heavy atom. The van der Waals surface area contributed by atoms with Crippen molar-refractivity contribution in [2.75, 3.05) is 11.9 Å². The maximum Gasteiger partial charge on any atom is 0.332 e. The van der Waals surface area contributed by atoms with Crippen LogP contribution in [0, 0.1) is 35.1 Å². The highest BCUT2D eigenvalue weighted by molar-refractivity contribution is 6.16. The lowest BCUT2D eigenvalue weighted by Crippen LogP contribution is -2.60. The fourth-order valence-electron chi connectivity index (χ4n) is 3.60. The third kappa shape index (κ3) is 3.82. The van der Waals surface area contributed by atoms with E-state index in [1.165, 1.54) is 24.3 Å². The summed E-state index contributed by atoms with van der Waals surface area (Å²) >= 11 is 0. The number of amides is 3.